The summed E-state index contributed by atoms with van der Waals surface area (Å²) in [7, 11) is 0. The Morgan fingerprint density at radius 2 is 1.44 bits per heavy atom. The highest BCUT2D eigenvalue weighted by atomic mass is 14.6. The van der Waals surface area contributed by atoms with E-state index in [1.165, 1.54) is 16.5 Å². The molecule has 0 aliphatic carbocycles. The molecule has 1 aromatic heterocycles. The molecule has 0 N–H and O–H groups in total. The van der Waals surface area contributed by atoms with Gasteiger partial charge in [-0.15, -0.1) is 0 Å². The van der Waals surface area contributed by atoms with E-state index >= 15 is 0 Å². The van der Waals surface area contributed by atoms with Crippen LogP contribution in [0.2, 0.25) is 0 Å². The Labute approximate surface area is 108 Å². The quantitative estimate of drug-likeness (QED) is 0.583. The van der Waals surface area contributed by atoms with E-state index in [-0.39, 0.29) is 0 Å². The Bertz CT molecular complexity index is 609. The van der Waals surface area contributed by atoms with Crippen LogP contribution < -0.4 is 0 Å². The lowest BCUT2D eigenvalue weighted by atomic mass is 10.0. The lowest BCUT2D eigenvalue weighted by molar-refractivity contribution is 1.41. The Balaban J connectivity index is 0.000000574. The van der Waals surface area contributed by atoms with Crippen molar-refractivity contribution in [2.24, 2.45) is 0 Å². The van der Waals surface area contributed by atoms with E-state index in [4.69, 9.17) is 0 Å². The fourth-order valence-electron chi connectivity index (χ4n) is 1.95. The molecular formula is C17H17N. The van der Waals surface area contributed by atoms with Crippen molar-refractivity contribution in [2.45, 2.75) is 13.8 Å². The first kappa shape index (κ1) is 12.3. The summed E-state index contributed by atoms with van der Waals surface area (Å²) in [4.78, 5) is 4.46. The SMILES string of the molecule is CC.c1ccc(-c2cccc3cccnc23)cc1. The van der Waals surface area contributed by atoms with Crippen molar-refractivity contribution < 1.29 is 0 Å². The molecule has 2 aromatic carbocycles. The Hall–Kier alpha value is -2.15. The van der Waals surface area contributed by atoms with Crippen LogP contribution in [0, 0.1) is 0 Å². The second-order valence-electron chi connectivity index (χ2n) is 3.75. The molecule has 0 atom stereocenters. The molecule has 18 heavy (non-hydrogen) atoms. The van der Waals surface area contributed by atoms with Crippen LogP contribution in [0.4, 0.5) is 0 Å². The summed E-state index contributed by atoms with van der Waals surface area (Å²) in [6.45, 7) is 4.00. The zero-order valence-electron chi connectivity index (χ0n) is 10.8. The van der Waals surface area contributed by atoms with E-state index in [1.807, 2.05) is 32.2 Å². The maximum absolute atomic E-state index is 4.46. The molecule has 0 amide bonds. The van der Waals surface area contributed by atoms with E-state index in [9.17, 15) is 0 Å². The highest BCUT2D eigenvalue weighted by molar-refractivity contribution is 5.93. The number of hydrogen-bond donors (Lipinski definition) is 0. The van der Waals surface area contributed by atoms with Crippen molar-refractivity contribution in [1.82, 2.24) is 4.98 Å². The summed E-state index contributed by atoms with van der Waals surface area (Å²) < 4.78 is 0. The van der Waals surface area contributed by atoms with Crippen LogP contribution in [0.15, 0.2) is 66.9 Å². The Morgan fingerprint density at radius 3 is 2.22 bits per heavy atom. The lowest BCUT2D eigenvalue weighted by Gasteiger charge is -2.05. The van der Waals surface area contributed by atoms with Gasteiger partial charge in [0, 0.05) is 17.1 Å². The van der Waals surface area contributed by atoms with Gasteiger partial charge >= 0.3 is 0 Å². The summed E-state index contributed by atoms with van der Waals surface area (Å²) in [5, 5.41) is 1.18. The van der Waals surface area contributed by atoms with Crippen LogP contribution in [0.25, 0.3) is 22.0 Å². The smallest absolute Gasteiger partial charge is 0.0780 e. The number of para-hydroxylation sites is 1. The fraction of sp³-hybridized carbons (Fsp3) is 0.118. The second-order valence-corrected chi connectivity index (χ2v) is 3.75. The molecule has 3 rings (SSSR count). The van der Waals surface area contributed by atoms with E-state index in [0.717, 1.165) is 5.52 Å². The van der Waals surface area contributed by atoms with E-state index in [1.54, 1.807) is 0 Å². The lowest BCUT2D eigenvalue weighted by Crippen LogP contribution is -1.83. The highest BCUT2D eigenvalue weighted by Gasteiger charge is 2.02. The molecule has 1 nitrogen and oxygen atoms in total. The zero-order chi connectivity index (χ0) is 12.8. The molecule has 0 fully saturated rings. The monoisotopic (exact) mass is 235 g/mol. The minimum atomic E-state index is 1.07. The molecule has 3 aromatic rings. The van der Waals surface area contributed by atoms with Gasteiger partial charge in [0.15, 0.2) is 0 Å². The number of pyridine rings is 1. The van der Waals surface area contributed by atoms with Gasteiger partial charge in [-0.25, -0.2) is 0 Å². The topological polar surface area (TPSA) is 12.9 Å². The number of fused-ring (bicyclic) bond motifs is 1. The van der Waals surface area contributed by atoms with Gasteiger partial charge in [0.25, 0.3) is 0 Å². The summed E-state index contributed by atoms with van der Waals surface area (Å²) in [6, 6.07) is 20.7. The molecule has 0 aliphatic rings. The van der Waals surface area contributed by atoms with Crippen molar-refractivity contribution in [2.75, 3.05) is 0 Å². The highest BCUT2D eigenvalue weighted by Crippen LogP contribution is 2.26. The van der Waals surface area contributed by atoms with Crippen LogP contribution in [0.3, 0.4) is 0 Å². The molecule has 1 heterocycles. The largest absolute Gasteiger partial charge is 0.256 e. The van der Waals surface area contributed by atoms with Gasteiger partial charge in [0.1, 0.15) is 0 Å². The standard InChI is InChI=1S/C15H11N.C2H6/c1-2-6-12(7-3-1)14-10-4-8-13-9-5-11-16-15(13)14;1-2/h1-11H;1-2H3. The molecule has 0 saturated heterocycles. The van der Waals surface area contributed by atoms with Crippen LogP contribution in [0.5, 0.6) is 0 Å². The van der Waals surface area contributed by atoms with Gasteiger partial charge in [-0.1, -0.05) is 68.4 Å². The average Bonchev–Trinajstić information content (AvgIpc) is 2.50. The zero-order valence-corrected chi connectivity index (χ0v) is 10.8. The first-order valence-corrected chi connectivity index (χ1v) is 6.34. The summed E-state index contributed by atoms with van der Waals surface area (Å²) in [5.41, 5.74) is 3.47. The normalized spacial score (nSPS) is 9.67. The molecule has 0 bridgehead atoms. The predicted octanol–water partition coefficient (Wildman–Crippen LogP) is 4.93. The van der Waals surface area contributed by atoms with Gasteiger partial charge < -0.3 is 0 Å². The molecule has 90 valence electrons. The Kier molecular flexibility index (Phi) is 4.08. The number of rotatable bonds is 1. The first-order valence-electron chi connectivity index (χ1n) is 6.34. The minimum Gasteiger partial charge on any atom is -0.256 e. The maximum atomic E-state index is 4.46. The summed E-state index contributed by atoms with van der Waals surface area (Å²) in [5.74, 6) is 0. The van der Waals surface area contributed by atoms with Crippen LogP contribution in [-0.2, 0) is 0 Å². The third-order valence-corrected chi connectivity index (χ3v) is 2.72. The molecule has 0 radical (unpaired) electrons. The molecule has 0 aliphatic heterocycles. The predicted molar refractivity (Wildman–Crippen MR) is 78.5 cm³/mol. The van der Waals surface area contributed by atoms with Crippen molar-refractivity contribution in [3.05, 3.63) is 66.9 Å². The molecule has 0 spiro atoms. The third-order valence-electron chi connectivity index (χ3n) is 2.72. The molecular weight excluding hydrogens is 218 g/mol. The van der Waals surface area contributed by atoms with E-state index < -0.39 is 0 Å². The molecule has 0 saturated carbocycles. The van der Waals surface area contributed by atoms with Gasteiger partial charge in [-0.05, 0) is 11.6 Å². The van der Waals surface area contributed by atoms with Gasteiger partial charge in [-0.2, -0.15) is 0 Å². The third kappa shape index (κ3) is 2.40. The van der Waals surface area contributed by atoms with Gasteiger partial charge in [0.2, 0.25) is 0 Å². The van der Waals surface area contributed by atoms with Gasteiger partial charge in [-0.3, -0.25) is 4.98 Å². The number of benzene rings is 2. The fourth-order valence-corrected chi connectivity index (χ4v) is 1.95. The second kappa shape index (κ2) is 5.97. The van der Waals surface area contributed by atoms with Gasteiger partial charge in [0.05, 0.1) is 5.52 Å². The van der Waals surface area contributed by atoms with Crippen molar-refractivity contribution in [3.8, 4) is 11.1 Å². The van der Waals surface area contributed by atoms with Crippen molar-refractivity contribution >= 4 is 10.9 Å². The van der Waals surface area contributed by atoms with Crippen LogP contribution in [0.1, 0.15) is 13.8 Å². The summed E-state index contributed by atoms with van der Waals surface area (Å²) >= 11 is 0. The number of aromatic nitrogens is 1. The summed E-state index contributed by atoms with van der Waals surface area (Å²) in [6.07, 6.45) is 1.84. The Morgan fingerprint density at radius 1 is 0.722 bits per heavy atom. The number of hydrogen-bond acceptors (Lipinski definition) is 1. The molecule has 1 heteroatoms. The molecule has 0 unspecified atom stereocenters. The van der Waals surface area contributed by atoms with Crippen LogP contribution >= 0.6 is 0 Å². The maximum Gasteiger partial charge on any atom is 0.0780 e. The first-order chi connectivity index (χ1) is 8.95. The van der Waals surface area contributed by atoms with Crippen molar-refractivity contribution in [1.29, 1.82) is 0 Å². The van der Waals surface area contributed by atoms with E-state index in [0.29, 0.717) is 0 Å². The number of nitrogens with zero attached hydrogens (tertiary/aromatic N) is 1. The van der Waals surface area contributed by atoms with Crippen LogP contribution in [-0.4, -0.2) is 4.98 Å². The minimum absolute atomic E-state index is 1.07. The van der Waals surface area contributed by atoms with Crippen molar-refractivity contribution in [3.63, 3.8) is 0 Å². The van der Waals surface area contributed by atoms with E-state index in [2.05, 4.69) is 53.5 Å². The average molecular weight is 235 g/mol.